The first kappa shape index (κ1) is 11.4. The highest BCUT2D eigenvalue weighted by Gasteiger charge is 2.72. The zero-order valence-electron chi connectivity index (χ0n) is 9.02. The van der Waals surface area contributed by atoms with E-state index in [1.807, 2.05) is 0 Å². The predicted octanol–water partition coefficient (Wildman–Crippen LogP) is 0.0232. The Balaban J connectivity index is 2.35. The molecule has 1 saturated carbocycles. The highest BCUT2D eigenvalue weighted by Crippen LogP contribution is 2.58. The summed E-state index contributed by atoms with van der Waals surface area (Å²) in [4.78, 5) is 35.0. The molecule has 0 aromatic carbocycles. The van der Waals surface area contributed by atoms with Gasteiger partial charge in [-0.05, 0) is 12.2 Å². The van der Waals surface area contributed by atoms with Crippen molar-refractivity contribution in [2.45, 2.75) is 11.2 Å². The molecular formula is C10H12O5S. The lowest BCUT2D eigenvalue weighted by atomic mass is 9.61. The second kappa shape index (κ2) is 3.76. The van der Waals surface area contributed by atoms with Gasteiger partial charge in [0.1, 0.15) is 10.7 Å². The van der Waals surface area contributed by atoms with Crippen molar-refractivity contribution in [3.8, 4) is 0 Å². The Hall–Kier alpha value is -1.04. The largest absolute Gasteiger partial charge is 0.468 e. The smallest absolute Gasteiger partial charge is 0.324 e. The topological polar surface area (TPSA) is 69.7 Å². The number of Topliss-reactive ketones (excluding diaryl/α,β-unsaturated/α-hetero) is 1. The van der Waals surface area contributed by atoms with E-state index in [0.29, 0.717) is 12.2 Å². The molecule has 1 saturated heterocycles. The van der Waals surface area contributed by atoms with Crippen molar-refractivity contribution < 1.29 is 23.9 Å². The molecule has 0 aromatic heterocycles. The molecule has 0 radical (unpaired) electrons. The van der Waals surface area contributed by atoms with Crippen LogP contribution in [0.5, 0.6) is 0 Å². The Morgan fingerprint density at radius 3 is 2.62 bits per heavy atom. The van der Waals surface area contributed by atoms with Crippen LogP contribution in [0.15, 0.2) is 0 Å². The van der Waals surface area contributed by atoms with E-state index in [2.05, 4.69) is 4.74 Å². The Morgan fingerprint density at radius 1 is 1.38 bits per heavy atom. The van der Waals surface area contributed by atoms with Gasteiger partial charge >= 0.3 is 11.9 Å². The number of thioether (sulfide) groups is 1. The molecule has 88 valence electrons. The molecule has 2 aliphatic rings. The normalized spacial score (nSPS) is 36.2. The summed E-state index contributed by atoms with van der Waals surface area (Å²) in [5.41, 5.74) is 0. The molecule has 3 atom stereocenters. The number of carbonyl (C=O) groups excluding carboxylic acids is 3. The first-order valence-corrected chi connectivity index (χ1v) is 5.92. The van der Waals surface area contributed by atoms with E-state index < -0.39 is 22.6 Å². The van der Waals surface area contributed by atoms with Crippen LogP contribution in [-0.2, 0) is 23.9 Å². The fraction of sp³-hybridized carbons (Fsp3) is 0.700. The van der Waals surface area contributed by atoms with Gasteiger partial charge in [-0.1, -0.05) is 0 Å². The number of methoxy groups -OCH3 is 2. The highest BCUT2D eigenvalue weighted by atomic mass is 32.2. The molecule has 2 fully saturated rings. The van der Waals surface area contributed by atoms with Crippen molar-refractivity contribution in [1.29, 1.82) is 0 Å². The summed E-state index contributed by atoms with van der Waals surface area (Å²) < 4.78 is 8.27. The minimum atomic E-state index is -1.01. The van der Waals surface area contributed by atoms with Gasteiger partial charge in [-0.15, -0.1) is 11.8 Å². The van der Waals surface area contributed by atoms with Crippen LogP contribution in [0, 0.1) is 11.8 Å². The molecule has 5 nitrogen and oxygen atoms in total. The molecule has 16 heavy (non-hydrogen) atoms. The van der Waals surface area contributed by atoms with Crippen LogP contribution in [0.4, 0.5) is 0 Å². The Kier molecular flexibility index (Phi) is 2.69. The molecular weight excluding hydrogens is 232 g/mol. The van der Waals surface area contributed by atoms with Gasteiger partial charge in [-0.3, -0.25) is 14.4 Å². The lowest BCUT2D eigenvalue weighted by Crippen LogP contribution is -2.66. The fourth-order valence-corrected chi connectivity index (χ4v) is 4.21. The van der Waals surface area contributed by atoms with Gasteiger partial charge in [0.15, 0.2) is 5.78 Å². The van der Waals surface area contributed by atoms with Gasteiger partial charge in [-0.25, -0.2) is 0 Å². The van der Waals surface area contributed by atoms with Crippen LogP contribution in [-0.4, -0.2) is 42.4 Å². The van der Waals surface area contributed by atoms with Crippen LogP contribution in [0.1, 0.15) is 6.42 Å². The molecule has 0 bridgehead atoms. The summed E-state index contributed by atoms with van der Waals surface area (Å²) in [6, 6.07) is 0. The maximum atomic E-state index is 11.8. The number of fused-ring (bicyclic) bond motifs is 1. The SMILES string of the molecule is COC(=O)C1C(=O)[C@@H]2CCS[C@]12C(=O)OC. The van der Waals surface area contributed by atoms with Crippen LogP contribution < -0.4 is 0 Å². The maximum Gasteiger partial charge on any atom is 0.324 e. The van der Waals surface area contributed by atoms with Gasteiger partial charge in [0, 0.05) is 5.92 Å². The molecule has 1 heterocycles. The molecule has 6 heteroatoms. The van der Waals surface area contributed by atoms with Crippen molar-refractivity contribution in [1.82, 2.24) is 0 Å². The highest BCUT2D eigenvalue weighted by molar-refractivity contribution is 8.01. The molecule has 1 aliphatic heterocycles. The second-order valence-corrected chi connectivity index (χ2v) is 5.21. The number of rotatable bonds is 2. The number of esters is 2. The second-order valence-electron chi connectivity index (χ2n) is 3.83. The minimum Gasteiger partial charge on any atom is -0.468 e. The summed E-state index contributed by atoms with van der Waals surface area (Å²) in [6.07, 6.45) is 0.631. The fourth-order valence-electron chi connectivity index (χ4n) is 2.50. The zero-order chi connectivity index (χ0) is 11.9. The first-order chi connectivity index (χ1) is 7.59. The average molecular weight is 244 g/mol. The van der Waals surface area contributed by atoms with Crippen molar-refractivity contribution >= 4 is 29.5 Å². The maximum absolute atomic E-state index is 11.8. The summed E-state index contributed by atoms with van der Waals surface area (Å²) in [7, 11) is 2.48. The van der Waals surface area contributed by atoms with Gasteiger partial charge in [0.2, 0.25) is 0 Å². The Bertz CT molecular complexity index is 366. The van der Waals surface area contributed by atoms with Crippen molar-refractivity contribution in [3.63, 3.8) is 0 Å². The number of hydrogen-bond acceptors (Lipinski definition) is 6. The number of ether oxygens (including phenoxy) is 2. The third kappa shape index (κ3) is 1.16. The van der Waals surface area contributed by atoms with E-state index in [1.165, 1.54) is 26.0 Å². The summed E-state index contributed by atoms with van der Waals surface area (Å²) >= 11 is 1.33. The van der Waals surface area contributed by atoms with E-state index in [1.54, 1.807) is 0 Å². The monoisotopic (exact) mass is 244 g/mol. The van der Waals surface area contributed by atoms with Crippen LogP contribution >= 0.6 is 11.8 Å². The van der Waals surface area contributed by atoms with Crippen LogP contribution in [0.25, 0.3) is 0 Å². The lowest BCUT2D eigenvalue weighted by Gasteiger charge is -2.45. The quantitative estimate of drug-likeness (QED) is 0.504. The van der Waals surface area contributed by atoms with Gasteiger partial charge in [-0.2, -0.15) is 0 Å². The molecule has 0 amide bonds. The van der Waals surface area contributed by atoms with Gasteiger partial charge in [0.05, 0.1) is 14.2 Å². The van der Waals surface area contributed by atoms with E-state index in [9.17, 15) is 14.4 Å². The van der Waals surface area contributed by atoms with E-state index in [0.717, 1.165) is 0 Å². The van der Waals surface area contributed by atoms with E-state index >= 15 is 0 Å². The van der Waals surface area contributed by atoms with Crippen LogP contribution in [0.2, 0.25) is 0 Å². The molecule has 0 aromatic rings. The number of ketones is 1. The summed E-state index contributed by atoms with van der Waals surface area (Å²) in [6.45, 7) is 0. The molecule has 1 aliphatic carbocycles. The zero-order valence-corrected chi connectivity index (χ0v) is 9.83. The molecule has 0 N–H and O–H groups in total. The molecule has 1 unspecified atom stereocenters. The van der Waals surface area contributed by atoms with Gasteiger partial charge < -0.3 is 9.47 Å². The first-order valence-electron chi connectivity index (χ1n) is 4.93. The molecule has 0 spiro atoms. The lowest BCUT2D eigenvalue weighted by molar-refractivity contribution is -0.170. The Morgan fingerprint density at radius 2 is 2.06 bits per heavy atom. The number of carbonyl (C=O) groups is 3. The van der Waals surface area contributed by atoms with Gasteiger partial charge in [0.25, 0.3) is 0 Å². The third-order valence-electron chi connectivity index (χ3n) is 3.26. The van der Waals surface area contributed by atoms with Crippen LogP contribution in [0.3, 0.4) is 0 Å². The standard InChI is InChI=1S/C10H12O5S/c1-14-8(12)6-7(11)5-3-4-16-10(5,6)9(13)15-2/h5-6H,3-4H2,1-2H3/t5-,6?,10-/m0/s1. The van der Waals surface area contributed by atoms with E-state index in [-0.39, 0.29) is 11.7 Å². The van der Waals surface area contributed by atoms with Crippen molar-refractivity contribution in [2.24, 2.45) is 11.8 Å². The summed E-state index contributed by atoms with van der Waals surface area (Å²) in [5.74, 6) is -1.99. The molecule has 2 rings (SSSR count). The van der Waals surface area contributed by atoms with E-state index in [4.69, 9.17) is 4.74 Å². The van der Waals surface area contributed by atoms with Crippen molar-refractivity contribution in [2.75, 3.05) is 20.0 Å². The number of hydrogen-bond donors (Lipinski definition) is 0. The minimum absolute atomic E-state index is 0.192. The Labute approximate surface area is 96.8 Å². The summed E-state index contributed by atoms with van der Waals surface area (Å²) in [5, 5.41) is 0. The van der Waals surface area contributed by atoms with Crippen molar-refractivity contribution in [3.05, 3.63) is 0 Å². The third-order valence-corrected chi connectivity index (χ3v) is 4.87. The average Bonchev–Trinajstić information content (AvgIpc) is 2.67. The predicted molar refractivity (Wildman–Crippen MR) is 55.8 cm³/mol.